The summed E-state index contributed by atoms with van der Waals surface area (Å²) in [4.78, 5) is 11.5. The van der Waals surface area contributed by atoms with Crippen LogP contribution in [0.4, 0.5) is 0 Å². The van der Waals surface area contributed by atoms with Crippen LogP contribution in [0.25, 0.3) is 0 Å². The summed E-state index contributed by atoms with van der Waals surface area (Å²) in [6, 6.07) is 0. The van der Waals surface area contributed by atoms with Crippen molar-refractivity contribution in [2.75, 3.05) is 14.2 Å². The van der Waals surface area contributed by atoms with Gasteiger partial charge in [-0.2, -0.15) is 0 Å². The molecule has 0 radical (unpaired) electrons. The van der Waals surface area contributed by atoms with Gasteiger partial charge < -0.3 is 9.47 Å². The fraction of sp³-hybridized carbons (Fsp3) is 0.773. The normalized spacial score (nSPS) is 32.6. The molecule has 0 amide bonds. The second-order valence-electron chi connectivity index (χ2n) is 8.89. The van der Waals surface area contributed by atoms with Gasteiger partial charge in [0.25, 0.3) is 0 Å². The van der Waals surface area contributed by atoms with Crippen LogP contribution in [0.5, 0.6) is 0 Å². The van der Waals surface area contributed by atoms with Crippen molar-refractivity contribution in [3.63, 3.8) is 0 Å². The van der Waals surface area contributed by atoms with Crippen molar-refractivity contribution in [1.82, 2.24) is 0 Å². The summed E-state index contributed by atoms with van der Waals surface area (Å²) >= 11 is 0. The Morgan fingerprint density at radius 3 is 2.56 bits per heavy atom. The number of rotatable bonds is 7. The molecule has 1 unspecified atom stereocenters. The fourth-order valence-electron chi connectivity index (χ4n) is 5.61. The summed E-state index contributed by atoms with van der Waals surface area (Å²) in [5, 5.41) is 0. The van der Waals surface area contributed by atoms with Crippen LogP contribution in [0.15, 0.2) is 23.8 Å². The lowest BCUT2D eigenvalue weighted by Crippen LogP contribution is -2.49. The highest BCUT2D eigenvalue weighted by atomic mass is 16.7. The first-order valence-corrected chi connectivity index (χ1v) is 9.66. The van der Waals surface area contributed by atoms with Gasteiger partial charge in [0.05, 0.1) is 0 Å². The highest BCUT2D eigenvalue weighted by Crippen LogP contribution is 2.61. The van der Waals surface area contributed by atoms with Crippen molar-refractivity contribution >= 4 is 6.29 Å². The van der Waals surface area contributed by atoms with E-state index in [-0.39, 0.29) is 6.29 Å². The number of methoxy groups -OCH3 is 2. The monoisotopic (exact) mass is 348 g/mol. The van der Waals surface area contributed by atoms with Crippen LogP contribution in [0, 0.1) is 22.7 Å². The molecule has 2 fully saturated rings. The number of ether oxygens (including phenoxy) is 2. The Balaban J connectivity index is 2.19. The Hall–Kier alpha value is -0.930. The average molecular weight is 349 g/mol. The van der Waals surface area contributed by atoms with Gasteiger partial charge in [0.15, 0.2) is 6.29 Å². The van der Waals surface area contributed by atoms with Crippen LogP contribution in [0.2, 0.25) is 0 Å². The molecular weight excluding hydrogens is 312 g/mol. The van der Waals surface area contributed by atoms with E-state index in [0.717, 1.165) is 30.6 Å². The quantitative estimate of drug-likeness (QED) is 0.271. The lowest BCUT2D eigenvalue weighted by molar-refractivity contribution is -0.111. The van der Waals surface area contributed by atoms with Gasteiger partial charge in [-0.3, -0.25) is 4.79 Å². The highest BCUT2D eigenvalue weighted by Gasteiger charge is 2.52. The molecule has 0 bridgehead atoms. The zero-order chi connectivity index (χ0) is 18.7. The second kappa shape index (κ2) is 8.18. The zero-order valence-corrected chi connectivity index (χ0v) is 16.8. The predicted molar refractivity (Wildman–Crippen MR) is 102 cm³/mol. The van der Waals surface area contributed by atoms with E-state index in [1.807, 2.05) is 0 Å². The summed E-state index contributed by atoms with van der Waals surface area (Å²) < 4.78 is 10.5. The second-order valence-corrected chi connectivity index (χ2v) is 8.89. The minimum atomic E-state index is -0.358. The van der Waals surface area contributed by atoms with Gasteiger partial charge in [0, 0.05) is 20.6 Å². The van der Waals surface area contributed by atoms with E-state index in [0.29, 0.717) is 23.2 Å². The Bertz CT molecular complexity index is 515. The van der Waals surface area contributed by atoms with E-state index in [1.165, 1.54) is 31.3 Å². The molecule has 3 atom stereocenters. The number of aldehydes is 1. The van der Waals surface area contributed by atoms with E-state index >= 15 is 0 Å². The first kappa shape index (κ1) is 20.4. The molecular formula is C22H36O3. The molecule has 3 heteroatoms. The topological polar surface area (TPSA) is 35.5 Å². The van der Waals surface area contributed by atoms with Gasteiger partial charge in [-0.1, -0.05) is 45.4 Å². The van der Waals surface area contributed by atoms with Gasteiger partial charge in [0.1, 0.15) is 6.29 Å². The highest BCUT2D eigenvalue weighted by molar-refractivity contribution is 5.73. The number of hydrogen-bond donors (Lipinski definition) is 0. The molecule has 3 nitrogen and oxygen atoms in total. The van der Waals surface area contributed by atoms with Gasteiger partial charge in [-0.15, -0.1) is 0 Å². The molecule has 2 rings (SSSR count). The third-order valence-electron chi connectivity index (χ3n) is 7.01. The molecule has 2 aliphatic rings. The average Bonchev–Trinajstić information content (AvgIpc) is 2.56. The SMILES string of the molecule is C=C1CCC2C(C)(C)CCC[C@]2(C)[C@H]1C/C=C(/C=O)CC(OC)OC. The van der Waals surface area contributed by atoms with Crippen LogP contribution < -0.4 is 0 Å². The van der Waals surface area contributed by atoms with E-state index in [9.17, 15) is 4.79 Å². The third kappa shape index (κ3) is 4.25. The maximum atomic E-state index is 11.5. The Labute approximate surface area is 153 Å². The van der Waals surface area contributed by atoms with Crippen LogP contribution in [0.1, 0.15) is 65.7 Å². The molecule has 0 heterocycles. The summed E-state index contributed by atoms with van der Waals surface area (Å²) in [5.41, 5.74) is 2.83. The first-order valence-electron chi connectivity index (χ1n) is 9.66. The van der Waals surface area contributed by atoms with E-state index in [4.69, 9.17) is 9.47 Å². The number of fused-ring (bicyclic) bond motifs is 1. The number of hydrogen-bond acceptors (Lipinski definition) is 3. The molecule has 0 aromatic rings. The minimum absolute atomic E-state index is 0.295. The Morgan fingerprint density at radius 2 is 1.96 bits per heavy atom. The molecule has 2 aliphatic carbocycles. The maximum absolute atomic E-state index is 11.5. The van der Waals surface area contributed by atoms with Crippen LogP contribution in [0.3, 0.4) is 0 Å². The molecule has 0 aromatic carbocycles. The van der Waals surface area contributed by atoms with Crippen molar-refractivity contribution in [2.24, 2.45) is 22.7 Å². The lowest BCUT2D eigenvalue weighted by atomic mass is 9.47. The summed E-state index contributed by atoms with van der Waals surface area (Å²) in [6.07, 6.45) is 10.4. The molecule has 142 valence electrons. The minimum Gasteiger partial charge on any atom is -0.356 e. The van der Waals surface area contributed by atoms with E-state index in [1.54, 1.807) is 14.2 Å². The van der Waals surface area contributed by atoms with Crippen LogP contribution in [-0.4, -0.2) is 26.8 Å². The molecule has 2 saturated carbocycles. The van der Waals surface area contributed by atoms with Crippen molar-refractivity contribution < 1.29 is 14.3 Å². The Morgan fingerprint density at radius 1 is 1.28 bits per heavy atom. The summed E-state index contributed by atoms with van der Waals surface area (Å²) in [7, 11) is 3.21. The zero-order valence-electron chi connectivity index (χ0n) is 16.8. The molecule has 0 aliphatic heterocycles. The van der Waals surface area contributed by atoms with Crippen LogP contribution >= 0.6 is 0 Å². The van der Waals surface area contributed by atoms with Gasteiger partial charge in [-0.05, 0) is 60.3 Å². The summed E-state index contributed by atoms with van der Waals surface area (Å²) in [5.74, 6) is 1.20. The summed E-state index contributed by atoms with van der Waals surface area (Å²) in [6.45, 7) is 11.8. The molecule has 0 aromatic heterocycles. The lowest BCUT2D eigenvalue weighted by Gasteiger charge is -2.58. The van der Waals surface area contributed by atoms with Crippen molar-refractivity contribution in [2.45, 2.75) is 72.0 Å². The van der Waals surface area contributed by atoms with Crippen molar-refractivity contribution in [3.8, 4) is 0 Å². The predicted octanol–water partition coefficient (Wildman–Crippen LogP) is 5.31. The molecule has 0 saturated heterocycles. The van der Waals surface area contributed by atoms with Gasteiger partial charge in [-0.25, -0.2) is 0 Å². The van der Waals surface area contributed by atoms with Crippen molar-refractivity contribution in [1.29, 1.82) is 0 Å². The fourth-order valence-corrected chi connectivity index (χ4v) is 5.61. The maximum Gasteiger partial charge on any atom is 0.160 e. The first-order chi connectivity index (χ1) is 11.8. The standard InChI is InChI=1S/C22H36O3/c1-16-8-11-19-21(2,3)12-7-13-22(19,4)18(16)10-9-17(15-23)14-20(24-5)25-6/h9,15,18-20H,1,7-8,10-14H2,2-6H3/b17-9+/t18-,19?,22+/m0/s1. The Kier molecular flexibility index (Phi) is 6.67. The van der Waals surface area contributed by atoms with E-state index < -0.39 is 0 Å². The van der Waals surface area contributed by atoms with Crippen LogP contribution in [-0.2, 0) is 14.3 Å². The smallest absolute Gasteiger partial charge is 0.160 e. The number of allylic oxidation sites excluding steroid dienone is 2. The molecule has 0 spiro atoms. The number of carbonyl (C=O) groups is 1. The molecule has 0 N–H and O–H groups in total. The number of carbonyl (C=O) groups excluding carboxylic acids is 1. The third-order valence-corrected chi connectivity index (χ3v) is 7.01. The van der Waals surface area contributed by atoms with E-state index in [2.05, 4.69) is 33.4 Å². The molecule has 25 heavy (non-hydrogen) atoms. The largest absolute Gasteiger partial charge is 0.356 e. The van der Waals surface area contributed by atoms with Gasteiger partial charge >= 0.3 is 0 Å². The van der Waals surface area contributed by atoms with Gasteiger partial charge in [0.2, 0.25) is 0 Å². The van der Waals surface area contributed by atoms with Crippen molar-refractivity contribution in [3.05, 3.63) is 23.8 Å².